The summed E-state index contributed by atoms with van der Waals surface area (Å²) in [5.41, 5.74) is 1.15. The monoisotopic (exact) mass is 332 g/mol. The summed E-state index contributed by atoms with van der Waals surface area (Å²) in [6.07, 6.45) is 0. The SMILES string of the molecule is Cc1cccc(C(=O)OCc2nc3ccccc3n2C(F)F)c1O. The minimum atomic E-state index is -2.81. The first-order valence-corrected chi connectivity index (χ1v) is 7.18. The van der Waals surface area contributed by atoms with Gasteiger partial charge in [0.05, 0.1) is 11.0 Å². The number of hydrogen-bond acceptors (Lipinski definition) is 4. The van der Waals surface area contributed by atoms with E-state index in [-0.39, 0.29) is 22.7 Å². The number of esters is 1. The zero-order chi connectivity index (χ0) is 17.3. The van der Waals surface area contributed by atoms with Crippen molar-refractivity contribution in [3.63, 3.8) is 0 Å². The van der Waals surface area contributed by atoms with Gasteiger partial charge < -0.3 is 9.84 Å². The van der Waals surface area contributed by atoms with Gasteiger partial charge in [0.1, 0.15) is 17.9 Å². The molecule has 0 saturated heterocycles. The number of benzene rings is 2. The largest absolute Gasteiger partial charge is 0.507 e. The van der Waals surface area contributed by atoms with Crippen molar-refractivity contribution in [2.45, 2.75) is 20.1 Å². The fourth-order valence-corrected chi connectivity index (χ4v) is 2.45. The molecule has 0 saturated carbocycles. The molecule has 0 aliphatic rings. The van der Waals surface area contributed by atoms with E-state index in [1.165, 1.54) is 12.1 Å². The van der Waals surface area contributed by atoms with E-state index in [0.717, 1.165) is 4.57 Å². The highest BCUT2D eigenvalue weighted by molar-refractivity contribution is 5.92. The molecule has 3 rings (SSSR count). The van der Waals surface area contributed by atoms with Gasteiger partial charge in [-0.15, -0.1) is 0 Å². The van der Waals surface area contributed by atoms with Crippen LogP contribution in [0.1, 0.15) is 28.3 Å². The lowest BCUT2D eigenvalue weighted by atomic mass is 10.1. The molecule has 0 fully saturated rings. The molecule has 0 spiro atoms. The molecule has 0 bridgehead atoms. The van der Waals surface area contributed by atoms with Gasteiger partial charge in [0, 0.05) is 0 Å². The number of phenols is 1. The molecular formula is C17H14F2N2O3. The zero-order valence-corrected chi connectivity index (χ0v) is 12.7. The van der Waals surface area contributed by atoms with Gasteiger partial charge >= 0.3 is 12.5 Å². The molecule has 24 heavy (non-hydrogen) atoms. The summed E-state index contributed by atoms with van der Waals surface area (Å²) >= 11 is 0. The summed E-state index contributed by atoms with van der Waals surface area (Å²) in [4.78, 5) is 16.2. The molecule has 0 aliphatic heterocycles. The Bertz CT molecular complexity index is 906. The highest BCUT2D eigenvalue weighted by Gasteiger charge is 2.20. The Morgan fingerprint density at radius 1 is 1.25 bits per heavy atom. The molecule has 0 atom stereocenters. The first kappa shape index (κ1) is 15.9. The molecule has 1 N–H and O–H groups in total. The lowest BCUT2D eigenvalue weighted by Gasteiger charge is -2.10. The molecule has 1 heterocycles. The van der Waals surface area contributed by atoms with Gasteiger partial charge in [0.2, 0.25) is 0 Å². The molecule has 0 radical (unpaired) electrons. The summed E-state index contributed by atoms with van der Waals surface area (Å²) in [6.45, 7) is -1.59. The number of carbonyl (C=O) groups excluding carboxylic acids is 1. The van der Waals surface area contributed by atoms with Crippen LogP contribution >= 0.6 is 0 Å². The molecule has 2 aromatic carbocycles. The molecule has 7 heteroatoms. The van der Waals surface area contributed by atoms with Gasteiger partial charge in [-0.05, 0) is 30.7 Å². The number of aromatic hydroxyl groups is 1. The van der Waals surface area contributed by atoms with Crippen molar-refractivity contribution in [2.24, 2.45) is 0 Å². The number of alkyl halides is 2. The number of para-hydroxylation sites is 3. The summed E-state index contributed by atoms with van der Waals surface area (Å²) in [6, 6.07) is 11.1. The zero-order valence-electron chi connectivity index (χ0n) is 12.7. The third-order valence-electron chi connectivity index (χ3n) is 3.65. The third-order valence-corrected chi connectivity index (χ3v) is 3.65. The Morgan fingerprint density at radius 3 is 2.75 bits per heavy atom. The average molecular weight is 332 g/mol. The minimum Gasteiger partial charge on any atom is -0.507 e. The van der Waals surface area contributed by atoms with E-state index in [1.54, 1.807) is 37.3 Å². The van der Waals surface area contributed by atoms with Gasteiger partial charge in [-0.1, -0.05) is 24.3 Å². The number of halogens is 2. The third kappa shape index (κ3) is 2.80. The lowest BCUT2D eigenvalue weighted by molar-refractivity contribution is 0.0384. The van der Waals surface area contributed by atoms with E-state index in [9.17, 15) is 18.7 Å². The van der Waals surface area contributed by atoms with Crippen LogP contribution < -0.4 is 0 Å². The highest BCUT2D eigenvalue weighted by atomic mass is 19.3. The molecule has 5 nitrogen and oxygen atoms in total. The Kier molecular flexibility index (Phi) is 4.16. The quantitative estimate of drug-likeness (QED) is 0.738. The molecule has 1 aromatic heterocycles. The van der Waals surface area contributed by atoms with E-state index >= 15 is 0 Å². The maximum absolute atomic E-state index is 13.3. The second-order valence-corrected chi connectivity index (χ2v) is 5.21. The van der Waals surface area contributed by atoms with Gasteiger partial charge in [0.15, 0.2) is 5.82 Å². The number of carbonyl (C=O) groups is 1. The van der Waals surface area contributed by atoms with E-state index < -0.39 is 19.1 Å². The number of aryl methyl sites for hydroxylation is 1. The number of nitrogens with zero attached hydrogens (tertiary/aromatic N) is 2. The predicted octanol–water partition coefficient (Wildman–Crippen LogP) is 3.80. The maximum Gasteiger partial charge on any atom is 0.342 e. The normalized spacial score (nSPS) is 11.2. The van der Waals surface area contributed by atoms with Crippen molar-refractivity contribution in [2.75, 3.05) is 0 Å². The minimum absolute atomic E-state index is 0.0188. The summed E-state index contributed by atoms with van der Waals surface area (Å²) in [5, 5.41) is 9.88. The number of imidazole rings is 1. The molecule has 0 unspecified atom stereocenters. The van der Waals surface area contributed by atoms with E-state index in [4.69, 9.17) is 4.74 Å². The topological polar surface area (TPSA) is 64.3 Å². The standard InChI is InChI=1S/C17H14F2N2O3/c1-10-5-4-6-11(15(10)22)16(23)24-9-14-20-12-7-2-3-8-13(12)21(14)17(18)19/h2-8,17,22H,9H2,1H3. The Labute approximate surface area is 136 Å². The number of phenolic OH excluding ortho intramolecular Hbond substituents is 1. The number of hydrogen-bond donors (Lipinski definition) is 1. The van der Waals surface area contributed by atoms with Crippen LogP contribution in [0, 0.1) is 6.92 Å². The van der Waals surface area contributed by atoms with Crippen LogP contribution in [0.25, 0.3) is 11.0 Å². The van der Waals surface area contributed by atoms with Crippen molar-refractivity contribution in [3.05, 3.63) is 59.4 Å². The van der Waals surface area contributed by atoms with Crippen molar-refractivity contribution < 1.29 is 23.4 Å². The maximum atomic E-state index is 13.3. The van der Waals surface area contributed by atoms with Crippen LogP contribution in [0.2, 0.25) is 0 Å². The van der Waals surface area contributed by atoms with Crippen LogP contribution in [0.3, 0.4) is 0 Å². The average Bonchev–Trinajstić information content (AvgIpc) is 2.93. The van der Waals surface area contributed by atoms with Gasteiger partial charge in [-0.3, -0.25) is 4.57 Å². The van der Waals surface area contributed by atoms with Crippen LogP contribution in [-0.4, -0.2) is 20.6 Å². The summed E-state index contributed by atoms with van der Waals surface area (Å²) in [7, 11) is 0. The molecule has 0 aliphatic carbocycles. The Hall–Kier alpha value is -2.96. The predicted molar refractivity (Wildman–Crippen MR) is 82.9 cm³/mol. The van der Waals surface area contributed by atoms with Crippen LogP contribution in [0.15, 0.2) is 42.5 Å². The molecule has 124 valence electrons. The highest BCUT2D eigenvalue weighted by Crippen LogP contribution is 2.25. The lowest BCUT2D eigenvalue weighted by Crippen LogP contribution is -2.11. The fourth-order valence-electron chi connectivity index (χ4n) is 2.45. The van der Waals surface area contributed by atoms with E-state index in [1.807, 2.05) is 0 Å². The second-order valence-electron chi connectivity index (χ2n) is 5.21. The van der Waals surface area contributed by atoms with Crippen LogP contribution in [0.5, 0.6) is 5.75 Å². The van der Waals surface area contributed by atoms with E-state index in [0.29, 0.717) is 11.1 Å². The van der Waals surface area contributed by atoms with Gasteiger partial charge in [-0.25, -0.2) is 9.78 Å². The summed E-state index contributed by atoms with van der Waals surface area (Å²) in [5.74, 6) is -1.05. The first-order chi connectivity index (χ1) is 11.5. The summed E-state index contributed by atoms with van der Waals surface area (Å²) < 4.78 is 32.4. The number of rotatable bonds is 4. The molecule has 3 aromatic rings. The molecular weight excluding hydrogens is 318 g/mol. The van der Waals surface area contributed by atoms with Gasteiger partial charge in [0.25, 0.3) is 0 Å². The first-order valence-electron chi connectivity index (χ1n) is 7.18. The van der Waals surface area contributed by atoms with Gasteiger partial charge in [-0.2, -0.15) is 8.78 Å². The number of aromatic nitrogens is 2. The van der Waals surface area contributed by atoms with Crippen molar-refractivity contribution in [3.8, 4) is 5.75 Å². The van der Waals surface area contributed by atoms with Crippen molar-refractivity contribution in [1.29, 1.82) is 0 Å². The Balaban J connectivity index is 1.87. The van der Waals surface area contributed by atoms with Crippen LogP contribution in [-0.2, 0) is 11.3 Å². The van der Waals surface area contributed by atoms with Crippen molar-refractivity contribution in [1.82, 2.24) is 9.55 Å². The fraction of sp³-hybridized carbons (Fsp3) is 0.176. The number of fused-ring (bicyclic) bond motifs is 1. The van der Waals surface area contributed by atoms with E-state index in [2.05, 4.69) is 4.98 Å². The van der Waals surface area contributed by atoms with Crippen LogP contribution in [0.4, 0.5) is 8.78 Å². The smallest absolute Gasteiger partial charge is 0.342 e. The second kappa shape index (κ2) is 6.27. The van der Waals surface area contributed by atoms with Crippen molar-refractivity contribution >= 4 is 17.0 Å². The number of ether oxygens (including phenoxy) is 1. The molecule has 0 amide bonds. The Morgan fingerprint density at radius 2 is 2.00 bits per heavy atom.